The summed E-state index contributed by atoms with van der Waals surface area (Å²) in [4.78, 5) is 11.8. The molecule has 2 aliphatic rings. The minimum atomic E-state index is -0.707. The van der Waals surface area contributed by atoms with Gasteiger partial charge in [-0.3, -0.25) is 4.79 Å². The molecule has 4 heteroatoms. The summed E-state index contributed by atoms with van der Waals surface area (Å²) in [6.45, 7) is 5.64. The van der Waals surface area contributed by atoms with Crippen LogP contribution in [-0.4, -0.2) is 35.9 Å². The van der Waals surface area contributed by atoms with Crippen LogP contribution in [0.4, 0.5) is 0 Å². The second-order valence-electron chi connectivity index (χ2n) is 7.00. The smallest absolute Gasteiger partial charge is 0.222 e. The van der Waals surface area contributed by atoms with E-state index in [4.69, 9.17) is 4.74 Å². The molecule has 2 rings (SSSR count). The molecule has 0 radical (unpaired) electrons. The quantitative estimate of drug-likeness (QED) is 0.820. The van der Waals surface area contributed by atoms with Crippen LogP contribution in [0.2, 0.25) is 0 Å². The first kappa shape index (κ1) is 14.8. The summed E-state index contributed by atoms with van der Waals surface area (Å²) < 4.78 is 5.44. The van der Waals surface area contributed by atoms with Crippen LogP contribution in [0.1, 0.15) is 58.8 Å². The Hall–Kier alpha value is -0.610. The zero-order valence-electron chi connectivity index (χ0n) is 12.2. The summed E-state index contributed by atoms with van der Waals surface area (Å²) in [6.07, 6.45) is 6.14. The summed E-state index contributed by atoms with van der Waals surface area (Å²) in [5.41, 5.74) is -0.379. The van der Waals surface area contributed by atoms with Crippen LogP contribution in [-0.2, 0) is 9.53 Å². The van der Waals surface area contributed by atoms with E-state index < -0.39 is 5.60 Å². The first-order valence-electron chi connectivity index (χ1n) is 7.49. The van der Waals surface area contributed by atoms with E-state index in [9.17, 15) is 9.90 Å². The molecule has 2 N–H and O–H groups in total. The predicted molar refractivity (Wildman–Crippen MR) is 73.8 cm³/mol. The van der Waals surface area contributed by atoms with Crippen LogP contribution in [0.15, 0.2) is 0 Å². The Morgan fingerprint density at radius 1 is 1.32 bits per heavy atom. The lowest BCUT2D eigenvalue weighted by Crippen LogP contribution is -2.47. The average Bonchev–Trinajstić information content (AvgIpc) is 2.84. The Morgan fingerprint density at radius 3 is 2.58 bits per heavy atom. The molecule has 1 saturated heterocycles. The van der Waals surface area contributed by atoms with Gasteiger partial charge in [-0.25, -0.2) is 0 Å². The fraction of sp³-hybridized carbons (Fsp3) is 0.933. The molecule has 0 aromatic carbocycles. The third-order valence-electron chi connectivity index (χ3n) is 4.59. The molecule has 1 amide bonds. The monoisotopic (exact) mass is 269 g/mol. The fourth-order valence-electron chi connectivity index (χ4n) is 2.92. The van der Waals surface area contributed by atoms with E-state index in [2.05, 4.69) is 19.2 Å². The van der Waals surface area contributed by atoms with Crippen molar-refractivity contribution in [3.8, 4) is 0 Å². The Kier molecular flexibility index (Phi) is 4.51. The minimum Gasteiger partial charge on any atom is -0.388 e. The second kappa shape index (κ2) is 5.80. The number of ether oxygens (including phenoxy) is 1. The lowest BCUT2D eigenvalue weighted by molar-refractivity contribution is -0.125. The number of carbonyl (C=O) groups is 1. The molecule has 1 heterocycles. The Labute approximate surface area is 115 Å². The van der Waals surface area contributed by atoms with Gasteiger partial charge < -0.3 is 15.2 Å². The summed E-state index contributed by atoms with van der Waals surface area (Å²) in [6, 6.07) is 0. The number of hydrogen-bond donors (Lipinski definition) is 2. The van der Waals surface area contributed by atoms with Crippen molar-refractivity contribution in [1.82, 2.24) is 5.32 Å². The maximum atomic E-state index is 11.8. The van der Waals surface area contributed by atoms with Crippen LogP contribution in [0, 0.1) is 5.41 Å². The van der Waals surface area contributed by atoms with Crippen molar-refractivity contribution >= 4 is 5.91 Å². The van der Waals surface area contributed by atoms with Crippen molar-refractivity contribution in [2.45, 2.75) is 70.5 Å². The number of amides is 1. The van der Waals surface area contributed by atoms with Crippen molar-refractivity contribution in [3.05, 3.63) is 0 Å². The molecule has 1 unspecified atom stereocenters. The molecule has 1 saturated carbocycles. The van der Waals surface area contributed by atoms with Crippen LogP contribution in [0.5, 0.6) is 0 Å². The average molecular weight is 269 g/mol. The molecular weight excluding hydrogens is 242 g/mol. The highest BCUT2D eigenvalue weighted by Gasteiger charge is 2.36. The lowest BCUT2D eigenvalue weighted by atomic mass is 9.71. The van der Waals surface area contributed by atoms with Gasteiger partial charge in [0.25, 0.3) is 0 Å². The van der Waals surface area contributed by atoms with Gasteiger partial charge in [0.05, 0.1) is 18.1 Å². The summed E-state index contributed by atoms with van der Waals surface area (Å²) in [5, 5.41) is 13.3. The topological polar surface area (TPSA) is 58.6 Å². The summed E-state index contributed by atoms with van der Waals surface area (Å²) >= 11 is 0. The second-order valence-corrected chi connectivity index (χ2v) is 7.00. The summed E-state index contributed by atoms with van der Waals surface area (Å²) in [7, 11) is 0. The number of aliphatic hydroxyl groups is 1. The molecule has 0 aromatic rings. The van der Waals surface area contributed by atoms with Crippen molar-refractivity contribution < 1.29 is 14.6 Å². The van der Waals surface area contributed by atoms with Gasteiger partial charge in [0.15, 0.2) is 0 Å². The van der Waals surface area contributed by atoms with Gasteiger partial charge in [-0.1, -0.05) is 13.8 Å². The van der Waals surface area contributed by atoms with Gasteiger partial charge in [0, 0.05) is 13.2 Å². The Balaban J connectivity index is 1.70. The van der Waals surface area contributed by atoms with Crippen LogP contribution in [0.25, 0.3) is 0 Å². The fourth-order valence-corrected chi connectivity index (χ4v) is 2.92. The highest BCUT2D eigenvalue weighted by molar-refractivity contribution is 5.76. The molecule has 4 nitrogen and oxygen atoms in total. The SMILES string of the molecule is CC1(C)CCC(O)(CNC(=O)CC2CCCO2)CC1. The normalized spacial score (nSPS) is 29.1. The minimum absolute atomic E-state index is 0.00478. The van der Waals surface area contributed by atoms with E-state index in [0.29, 0.717) is 18.4 Å². The van der Waals surface area contributed by atoms with E-state index in [1.165, 1.54) is 0 Å². The molecule has 2 fully saturated rings. The van der Waals surface area contributed by atoms with Crippen LogP contribution >= 0.6 is 0 Å². The third kappa shape index (κ3) is 4.46. The molecule has 0 bridgehead atoms. The standard InChI is InChI=1S/C15H27NO3/c1-14(2)5-7-15(18,8-6-14)11-16-13(17)10-12-4-3-9-19-12/h12,18H,3-11H2,1-2H3,(H,16,17). The first-order valence-corrected chi connectivity index (χ1v) is 7.49. The van der Waals surface area contributed by atoms with Gasteiger partial charge in [-0.15, -0.1) is 0 Å². The number of nitrogens with one attached hydrogen (secondary N) is 1. The van der Waals surface area contributed by atoms with Crippen molar-refractivity contribution in [3.63, 3.8) is 0 Å². The zero-order valence-corrected chi connectivity index (χ0v) is 12.2. The molecule has 1 aliphatic heterocycles. The van der Waals surface area contributed by atoms with E-state index in [1.807, 2.05) is 0 Å². The summed E-state index contributed by atoms with van der Waals surface area (Å²) in [5.74, 6) is 0.00478. The van der Waals surface area contributed by atoms with Crippen molar-refractivity contribution in [2.75, 3.05) is 13.2 Å². The van der Waals surface area contributed by atoms with E-state index in [0.717, 1.165) is 45.1 Å². The third-order valence-corrected chi connectivity index (χ3v) is 4.59. The zero-order chi connectivity index (χ0) is 13.9. The van der Waals surface area contributed by atoms with Gasteiger partial charge in [0.2, 0.25) is 5.91 Å². The van der Waals surface area contributed by atoms with Crippen molar-refractivity contribution in [1.29, 1.82) is 0 Å². The van der Waals surface area contributed by atoms with E-state index in [-0.39, 0.29) is 12.0 Å². The van der Waals surface area contributed by atoms with E-state index >= 15 is 0 Å². The molecule has 19 heavy (non-hydrogen) atoms. The highest BCUT2D eigenvalue weighted by Crippen LogP contribution is 2.39. The predicted octanol–water partition coefficient (Wildman–Crippen LogP) is 2.00. The molecule has 1 aliphatic carbocycles. The molecule has 110 valence electrons. The van der Waals surface area contributed by atoms with Gasteiger partial charge in [-0.05, 0) is 43.9 Å². The van der Waals surface area contributed by atoms with Gasteiger partial charge in [-0.2, -0.15) is 0 Å². The maximum Gasteiger partial charge on any atom is 0.222 e. The lowest BCUT2D eigenvalue weighted by Gasteiger charge is -2.40. The number of rotatable bonds is 4. The molecule has 0 spiro atoms. The molecular formula is C15H27NO3. The van der Waals surface area contributed by atoms with Crippen LogP contribution < -0.4 is 5.32 Å². The highest BCUT2D eigenvalue weighted by atomic mass is 16.5. The number of hydrogen-bond acceptors (Lipinski definition) is 3. The molecule has 0 aromatic heterocycles. The number of carbonyl (C=O) groups excluding carboxylic acids is 1. The van der Waals surface area contributed by atoms with Gasteiger partial charge in [0.1, 0.15) is 0 Å². The van der Waals surface area contributed by atoms with E-state index in [1.54, 1.807) is 0 Å². The molecule has 1 atom stereocenters. The van der Waals surface area contributed by atoms with Crippen molar-refractivity contribution in [2.24, 2.45) is 5.41 Å². The first-order chi connectivity index (χ1) is 8.89. The Morgan fingerprint density at radius 2 is 2.00 bits per heavy atom. The van der Waals surface area contributed by atoms with Crippen LogP contribution in [0.3, 0.4) is 0 Å². The Bertz CT molecular complexity index is 311. The largest absolute Gasteiger partial charge is 0.388 e. The van der Waals surface area contributed by atoms with Gasteiger partial charge >= 0.3 is 0 Å². The maximum absolute atomic E-state index is 11.8.